The Labute approximate surface area is 126 Å². The predicted octanol–water partition coefficient (Wildman–Crippen LogP) is 4.75. The van der Waals surface area contributed by atoms with Crippen molar-refractivity contribution in [3.8, 4) is 0 Å². The number of hydrogen-bond acceptors (Lipinski definition) is 5. The summed E-state index contributed by atoms with van der Waals surface area (Å²) in [5.41, 5.74) is 7.90. The predicted molar refractivity (Wildman–Crippen MR) is 85.6 cm³/mol. The van der Waals surface area contributed by atoms with Crippen molar-refractivity contribution >= 4 is 33.5 Å². The lowest BCUT2D eigenvalue weighted by Crippen LogP contribution is -1.86. The Morgan fingerprint density at radius 2 is 1.55 bits per heavy atom. The summed E-state index contributed by atoms with van der Waals surface area (Å²) < 4.78 is 0. The molecule has 3 rings (SSSR count). The average molecular weight is 292 g/mol. The first-order valence-corrected chi connectivity index (χ1v) is 6.58. The van der Waals surface area contributed by atoms with Crippen LogP contribution in [0.5, 0.6) is 0 Å². The van der Waals surface area contributed by atoms with Crippen LogP contribution in [0.25, 0.3) is 10.8 Å². The van der Waals surface area contributed by atoms with Crippen molar-refractivity contribution in [3.05, 3.63) is 70.8 Å². The summed E-state index contributed by atoms with van der Waals surface area (Å²) in [6.07, 6.45) is 0. The van der Waals surface area contributed by atoms with E-state index >= 15 is 0 Å². The molecule has 0 heterocycles. The summed E-state index contributed by atoms with van der Waals surface area (Å²) in [7, 11) is 0. The number of nitro groups is 1. The topological polar surface area (TPSA) is 93.9 Å². The summed E-state index contributed by atoms with van der Waals surface area (Å²) >= 11 is 0. The van der Waals surface area contributed by atoms with E-state index < -0.39 is 4.92 Å². The smallest absolute Gasteiger partial charge is 0.269 e. The van der Waals surface area contributed by atoms with E-state index in [-0.39, 0.29) is 5.69 Å². The van der Waals surface area contributed by atoms with Gasteiger partial charge in [-0.25, -0.2) is 0 Å². The van der Waals surface area contributed by atoms with Gasteiger partial charge in [-0.05, 0) is 24.3 Å². The van der Waals surface area contributed by atoms with Crippen LogP contribution in [0.2, 0.25) is 0 Å². The molecule has 0 aliphatic rings. The van der Waals surface area contributed by atoms with Crippen molar-refractivity contribution in [2.24, 2.45) is 10.2 Å². The quantitative estimate of drug-likeness (QED) is 0.327. The maximum absolute atomic E-state index is 10.6. The van der Waals surface area contributed by atoms with E-state index in [1.807, 2.05) is 24.3 Å². The van der Waals surface area contributed by atoms with E-state index in [1.165, 1.54) is 12.1 Å². The van der Waals surface area contributed by atoms with Crippen molar-refractivity contribution in [1.82, 2.24) is 0 Å². The molecular weight excluding hydrogens is 280 g/mol. The summed E-state index contributed by atoms with van der Waals surface area (Å²) in [6.45, 7) is 0. The summed E-state index contributed by atoms with van der Waals surface area (Å²) in [4.78, 5) is 10.2. The van der Waals surface area contributed by atoms with Crippen molar-refractivity contribution in [2.45, 2.75) is 0 Å². The molecule has 0 aliphatic heterocycles. The summed E-state index contributed by atoms with van der Waals surface area (Å²) in [5.74, 6) is 0. The molecule has 0 saturated carbocycles. The minimum atomic E-state index is -0.450. The van der Waals surface area contributed by atoms with Crippen LogP contribution in [0.15, 0.2) is 70.9 Å². The third-order valence-corrected chi connectivity index (χ3v) is 3.27. The van der Waals surface area contributed by atoms with E-state index in [0.29, 0.717) is 17.1 Å². The monoisotopic (exact) mass is 292 g/mol. The maximum atomic E-state index is 10.6. The molecule has 0 spiro atoms. The molecule has 0 aromatic heterocycles. The fourth-order valence-electron chi connectivity index (χ4n) is 2.15. The highest BCUT2D eigenvalue weighted by molar-refractivity contribution is 5.99. The number of nitrogens with two attached hydrogens (primary N) is 1. The van der Waals surface area contributed by atoms with Gasteiger partial charge in [-0.1, -0.05) is 24.3 Å². The molecule has 0 atom stereocenters. The number of nitrogens with zero attached hydrogens (tertiary/aromatic N) is 3. The Hall–Kier alpha value is -3.28. The van der Waals surface area contributed by atoms with Gasteiger partial charge in [-0.15, -0.1) is 5.11 Å². The van der Waals surface area contributed by atoms with E-state index in [4.69, 9.17) is 5.73 Å². The first-order valence-electron chi connectivity index (χ1n) is 6.58. The minimum Gasteiger partial charge on any atom is -0.398 e. The van der Waals surface area contributed by atoms with Crippen LogP contribution < -0.4 is 5.73 Å². The van der Waals surface area contributed by atoms with Crippen LogP contribution in [0.4, 0.5) is 22.7 Å². The molecule has 6 heteroatoms. The van der Waals surface area contributed by atoms with Gasteiger partial charge >= 0.3 is 0 Å². The van der Waals surface area contributed by atoms with Crippen molar-refractivity contribution in [1.29, 1.82) is 0 Å². The van der Waals surface area contributed by atoms with Crippen LogP contribution in [-0.2, 0) is 0 Å². The average Bonchev–Trinajstić information content (AvgIpc) is 2.55. The van der Waals surface area contributed by atoms with Gasteiger partial charge in [-0.3, -0.25) is 10.1 Å². The Bertz CT molecular complexity index is 873. The maximum Gasteiger partial charge on any atom is 0.269 e. The van der Waals surface area contributed by atoms with Gasteiger partial charge in [0.2, 0.25) is 0 Å². The second-order valence-corrected chi connectivity index (χ2v) is 4.69. The van der Waals surface area contributed by atoms with Crippen LogP contribution in [0.3, 0.4) is 0 Å². The Morgan fingerprint density at radius 3 is 2.23 bits per heavy atom. The van der Waals surface area contributed by atoms with E-state index in [0.717, 1.165) is 10.8 Å². The molecular formula is C16H12N4O2. The highest BCUT2D eigenvalue weighted by Crippen LogP contribution is 2.31. The molecule has 6 nitrogen and oxygen atoms in total. The molecule has 3 aromatic carbocycles. The zero-order valence-corrected chi connectivity index (χ0v) is 11.5. The molecule has 0 unspecified atom stereocenters. The van der Waals surface area contributed by atoms with Crippen LogP contribution in [-0.4, -0.2) is 4.92 Å². The first kappa shape index (κ1) is 13.7. The Balaban J connectivity index is 1.96. The molecule has 0 radical (unpaired) electrons. The van der Waals surface area contributed by atoms with Crippen LogP contribution in [0.1, 0.15) is 0 Å². The first-order chi connectivity index (χ1) is 10.6. The van der Waals surface area contributed by atoms with E-state index in [1.54, 1.807) is 24.3 Å². The minimum absolute atomic E-state index is 0.0249. The summed E-state index contributed by atoms with van der Waals surface area (Å²) in [5, 5.41) is 20.8. The molecule has 0 bridgehead atoms. The molecule has 2 N–H and O–H groups in total. The standard InChI is InChI=1S/C16H12N4O2/c17-15-9-10-16(14-4-2-1-3-13(14)15)19-18-11-5-7-12(8-6-11)20(21)22/h1-10H,17H2/b19-18+. The largest absolute Gasteiger partial charge is 0.398 e. The molecule has 0 saturated heterocycles. The number of anilines is 1. The third kappa shape index (κ3) is 2.62. The normalized spacial score (nSPS) is 11.1. The van der Waals surface area contributed by atoms with Crippen LogP contribution in [0, 0.1) is 10.1 Å². The summed E-state index contributed by atoms with van der Waals surface area (Å²) in [6, 6.07) is 17.2. The van der Waals surface area contributed by atoms with E-state index in [2.05, 4.69) is 10.2 Å². The molecule has 108 valence electrons. The number of hydrogen-bond donors (Lipinski definition) is 1. The highest BCUT2D eigenvalue weighted by Gasteiger charge is 2.04. The van der Waals surface area contributed by atoms with Gasteiger partial charge in [0, 0.05) is 28.6 Å². The number of nitrogen functional groups attached to an aromatic ring is 1. The van der Waals surface area contributed by atoms with Gasteiger partial charge in [0.1, 0.15) is 0 Å². The molecule has 3 aromatic rings. The second kappa shape index (κ2) is 5.61. The molecule has 0 amide bonds. The number of azo groups is 1. The van der Waals surface area contributed by atoms with Gasteiger partial charge in [0.25, 0.3) is 5.69 Å². The Kier molecular flexibility index (Phi) is 3.49. The van der Waals surface area contributed by atoms with Gasteiger partial charge in [0.05, 0.1) is 16.3 Å². The van der Waals surface area contributed by atoms with Gasteiger partial charge in [0.15, 0.2) is 0 Å². The zero-order valence-electron chi connectivity index (χ0n) is 11.5. The fraction of sp³-hybridized carbons (Fsp3) is 0. The number of benzene rings is 3. The lowest BCUT2D eigenvalue weighted by atomic mass is 10.1. The molecule has 0 aliphatic carbocycles. The SMILES string of the molecule is Nc1ccc(/N=N/c2ccc([N+](=O)[O-])cc2)c2ccccc12. The van der Waals surface area contributed by atoms with Crippen LogP contribution >= 0.6 is 0 Å². The number of non-ortho nitro benzene ring substituents is 1. The van der Waals surface area contributed by atoms with Crippen molar-refractivity contribution in [3.63, 3.8) is 0 Å². The van der Waals surface area contributed by atoms with Crippen molar-refractivity contribution in [2.75, 3.05) is 5.73 Å². The number of rotatable bonds is 3. The number of nitro benzene ring substituents is 1. The lowest BCUT2D eigenvalue weighted by Gasteiger charge is -2.04. The Morgan fingerprint density at radius 1 is 0.864 bits per heavy atom. The molecule has 0 fully saturated rings. The second-order valence-electron chi connectivity index (χ2n) is 4.69. The van der Waals surface area contributed by atoms with E-state index in [9.17, 15) is 10.1 Å². The zero-order chi connectivity index (χ0) is 15.5. The highest BCUT2D eigenvalue weighted by atomic mass is 16.6. The van der Waals surface area contributed by atoms with Gasteiger partial charge in [-0.2, -0.15) is 5.11 Å². The number of fused-ring (bicyclic) bond motifs is 1. The lowest BCUT2D eigenvalue weighted by molar-refractivity contribution is -0.384. The third-order valence-electron chi connectivity index (χ3n) is 3.27. The fourth-order valence-corrected chi connectivity index (χ4v) is 2.15. The van der Waals surface area contributed by atoms with Crippen molar-refractivity contribution < 1.29 is 4.92 Å². The van der Waals surface area contributed by atoms with Gasteiger partial charge < -0.3 is 5.73 Å². The molecule has 22 heavy (non-hydrogen) atoms.